The first-order valence-corrected chi connectivity index (χ1v) is 13.0. The van der Waals surface area contributed by atoms with E-state index in [2.05, 4.69) is 77.7 Å². The van der Waals surface area contributed by atoms with Crippen LogP contribution in [-0.4, -0.2) is 4.98 Å². The minimum atomic E-state index is 0.525. The number of aromatic nitrogens is 1. The molecule has 0 aliphatic rings. The number of benzene rings is 6. The number of furan rings is 1. The minimum absolute atomic E-state index is 0.525. The first kappa shape index (κ1) is 21.7. The maximum atomic E-state index is 6.41. The largest absolute Gasteiger partial charge is 0.456 e. The van der Waals surface area contributed by atoms with Crippen LogP contribution in [-0.2, 0) is 0 Å². The van der Waals surface area contributed by atoms with Crippen LogP contribution in [0.5, 0.6) is 0 Å². The third-order valence-corrected chi connectivity index (χ3v) is 7.30. The Morgan fingerprint density at radius 2 is 1.26 bits per heavy atom. The van der Waals surface area contributed by atoms with E-state index in [9.17, 15) is 0 Å². The molecule has 184 valence electrons. The van der Waals surface area contributed by atoms with Crippen LogP contribution in [0.2, 0.25) is 0 Å². The van der Waals surface area contributed by atoms with Crippen molar-refractivity contribution >= 4 is 61.2 Å². The first-order chi connectivity index (χ1) is 19.3. The van der Waals surface area contributed by atoms with Gasteiger partial charge in [0.05, 0.1) is 11.4 Å². The Balaban J connectivity index is 1.34. The van der Waals surface area contributed by atoms with Gasteiger partial charge < -0.3 is 8.83 Å². The summed E-state index contributed by atoms with van der Waals surface area (Å²) in [6, 6.07) is 46.0. The van der Waals surface area contributed by atoms with E-state index in [-0.39, 0.29) is 0 Å². The SMILES string of the molecule is c1ccc(N(c2cccc(-c3cccc4oc5ccccc5c34)c2)c2nc3c(ccc4ccccc43)o2)cc1. The van der Waals surface area contributed by atoms with E-state index in [1.807, 2.05) is 60.7 Å². The number of hydrogen-bond acceptors (Lipinski definition) is 4. The van der Waals surface area contributed by atoms with Gasteiger partial charge in [0.1, 0.15) is 16.7 Å². The summed E-state index contributed by atoms with van der Waals surface area (Å²) >= 11 is 0. The predicted molar refractivity (Wildman–Crippen MR) is 159 cm³/mol. The van der Waals surface area contributed by atoms with Crippen molar-refractivity contribution in [1.82, 2.24) is 4.98 Å². The van der Waals surface area contributed by atoms with Crippen LogP contribution in [0.25, 0.3) is 54.9 Å². The number of rotatable bonds is 4. The second kappa shape index (κ2) is 8.61. The summed E-state index contributed by atoms with van der Waals surface area (Å²) in [5.41, 5.74) is 7.52. The molecule has 0 aliphatic heterocycles. The lowest BCUT2D eigenvalue weighted by Gasteiger charge is -2.21. The fraction of sp³-hybridized carbons (Fsp3) is 0. The van der Waals surface area contributed by atoms with Crippen LogP contribution in [0.15, 0.2) is 142 Å². The number of oxazole rings is 1. The molecule has 0 unspecified atom stereocenters. The van der Waals surface area contributed by atoms with Gasteiger partial charge in [-0.2, -0.15) is 4.98 Å². The maximum Gasteiger partial charge on any atom is 0.307 e. The number of nitrogens with zero attached hydrogens (tertiary/aromatic N) is 2. The zero-order valence-corrected chi connectivity index (χ0v) is 20.9. The molecule has 0 bridgehead atoms. The highest BCUT2D eigenvalue weighted by Gasteiger charge is 2.21. The highest BCUT2D eigenvalue weighted by Crippen LogP contribution is 2.41. The topological polar surface area (TPSA) is 42.4 Å². The number of hydrogen-bond donors (Lipinski definition) is 0. The van der Waals surface area contributed by atoms with Crippen molar-refractivity contribution < 1.29 is 8.83 Å². The maximum absolute atomic E-state index is 6.41. The molecule has 2 heterocycles. The summed E-state index contributed by atoms with van der Waals surface area (Å²) < 4.78 is 12.6. The third-order valence-electron chi connectivity index (χ3n) is 7.30. The molecular formula is C35H22N2O2. The van der Waals surface area contributed by atoms with E-state index < -0.39 is 0 Å². The Morgan fingerprint density at radius 1 is 0.513 bits per heavy atom. The van der Waals surface area contributed by atoms with E-state index in [0.717, 1.165) is 66.3 Å². The lowest BCUT2D eigenvalue weighted by atomic mass is 9.99. The number of fused-ring (bicyclic) bond motifs is 6. The van der Waals surface area contributed by atoms with Crippen LogP contribution in [0.4, 0.5) is 17.4 Å². The van der Waals surface area contributed by atoms with Gasteiger partial charge in [0.15, 0.2) is 5.58 Å². The Morgan fingerprint density at radius 3 is 2.18 bits per heavy atom. The van der Waals surface area contributed by atoms with Gasteiger partial charge in [-0.1, -0.05) is 91.0 Å². The van der Waals surface area contributed by atoms with Crippen LogP contribution < -0.4 is 4.90 Å². The molecule has 0 saturated heterocycles. The van der Waals surface area contributed by atoms with Gasteiger partial charge in [0, 0.05) is 16.2 Å². The van der Waals surface area contributed by atoms with Gasteiger partial charge in [0.25, 0.3) is 0 Å². The average Bonchev–Trinajstić information content (AvgIpc) is 3.60. The Kier molecular flexibility index (Phi) is 4.79. The fourth-order valence-electron chi connectivity index (χ4n) is 5.52. The van der Waals surface area contributed by atoms with Crippen LogP contribution in [0.1, 0.15) is 0 Å². The normalized spacial score (nSPS) is 11.6. The number of anilines is 3. The molecule has 6 aromatic carbocycles. The molecule has 39 heavy (non-hydrogen) atoms. The Bertz CT molecular complexity index is 2140. The summed E-state index contributed by atoms with van der Waals surface area (Å²) in [4.78, 5) is 7.10. The second-order valence-corrected chi connectivity index (χ2v) is 9.63. The van der Waals surface area contributed by atoms with Gasteiger partial charge in [-0.3, -0.25) is 4.90 Å². The van der Waals surface area contributed by atoms with Crippen molar-refractivity contribution in [3.8, 4) is 11.1 Å². The van der Waals surface area contributed by atoms with Crippen molar-refractivity contribution in [1.29, 1.82) is 0 Å². The van der Waals surface area contributed by atoms with Gasteiger partial charge >= 0.3 is 6.01 Å². The summed E-state index contributed by atoms with van der Waals surface area (Å²) in [7, 11) is 0. The Labute approximate surface area is 224 Å². The molecule has 0 spiro atoms. The average molecular weight is 503 g/mol. The van der Waals surface area contributed by atoms with Gasteiger partial charge in [0.2, 0.25) is 0 Å². The quantitative estimate of drug-likeness (QED) is 0.240. The molecule has 0 atom stereocenters. The molecule has 8 rings (SSSR count). The smallest absolute Gasteiger partial charge is 0.307 e. The molecule has 4 nitrogen and oxygen atoms in total. The number of para-hydroxylation sites is 2. The monoisotopic (exact) mass is 502 g/mol. The summed E-state index contributed by atoms with van der Waals surface area (Å²) in [5.74, 6) is 0. The van der Waals surface area contributed by atoms with Crippen molar-refractivity contribution in [2.45, 2.75) is 0 Å². The van der Waals surface area contributed by atoms with E-state index in [1.165, 1.54) is 0 Å². The van der Waals surface area contributed by atoms with E-state index >= 15 is 0 Å². The summed E-state index contributed by atoms with van der Waals surface area (Å²) in [6.07, 6.45) is 0. The van der Waals surface area contributed by atoms with Gasteiger partial charge in [-0.15, -0.1) is 0 Å². The van der Waals surface area contributed by atoms with E-state index in [1.54, 1.807) is 0 Å². The van der Waals surface area contributed by atoms with Crippen LogP contribution in [0.3, 0.4) is 0 Å². The first-order valence-electron chi connectivity index (χ1n) is 13.0. The molecule has 2 aromatic heterocycles. The molecule has 0 N–H and O–H groups in total. The highest BCUT2D eigenvalue weighted by molar-refractivity contribution is 6.12. The van der Waals surface area contributed by atoms with Crippen molar-refractivity contribution in [3.63, 3.8) is 0 Å². The molecule has 4 heteroatoms. The zero-order valence-electron chi connectivity index (χ0n) is 20.9. The highest BCUT2D eigenvalue weighted by atomic mass is 16.4. The minimum Gasteiger partial charge on any atom is -0.456 e. The Hall–Kier alpha value is -5.35. The second-order valence-electron chi connectivity index (χ2n) is 9.63. The third kappa shape index (κ3) is 3.50. The summed E-state index contributed by atoms with van der Waals surface area (Å²) in [6.45, 7) is 0. The summed E-state index contributed by atoms with van der Waals surface area (Å²) in [5, 5.41) is 4.44. The molecule has 8 aromatic rings. The van der Waals surface area contributed by atoms with E-state index in [0.29, 0.717) is 6.01 Å². The molecule has 0 saturated carbocycles. The van der Waals surface area contributed by atoms with Crippen LogP contribution >= 0.6 is 0 Å². The van der Waals surface area contributed by atoms with Gasteiger partial charge in [-0.25, -0.2) is 0 Å². The standard InChI is InChI=1S/C35H22N2O2/c1-2-12-25(13-3-1)37(35-36-34-28-15-5-4-10-23(28)20-21-32(34)39-35)26-14-8-11-24(22-26)27-17-9-19-31-33(27)29-16-6-7-18-30(29)38-31/h1-22H. The molecule has 0 fully saturated rings. The van der Waals surface area contributed by atoms with Crippen LogP contribution in [0, 0.1) is 0 Å². The lowest BCUT2D eigenvalue weighted by Crippen LogP contribution is -2.10. The van der Waals surface area contributed by atoms with Crippen molar-refractivity contribution in [3.05, 3.63) is 133 Å². The molecular weight excluding hydrogens is 480 g/mol. The van der Waals surface area contributed by atoms with Gasteiger partial charge in [-0.05, 0) is 59.0 Å². The van der Waals surface area contributed by atoms with Crippen molar-refractivity contribution in [2.24, 2.45) is 0 Å². The molecule has 0 radical (unpaired) electrons. The van der Waals surface area contributed by atoms with Crippen molar-refractivity contribution in [2.75, 3.05) is 4.90 Å². The fourth-order valence-corrected chi connectivity index (χ4v) is 5.52. The molecule has 0 aliphatic carbocycles. The predicted octanol–water partition coefficient (Wildman–Crippen LogP) is 10.0. The zero-order chi connectivity index (χ0) is 25.8. The molecule has 0 amide bonds. The lowest BCUT2D eigenvalue weighted by molar-refractivity contribution is 0.608. The van der Waals surface area contributed by atoms with E-state index in [4.69, 9.17) is 13.8 Å².